The maximum absolute atomic E-state index is 12.5. The molecule has 1 aromatic rings. The van der Waals surface area contributed by atoms with Crippen molar-refractivity contribution in [1.29, 1.82) is 5.26 Å². The molecule has 24 heavy (non-hydrogen) atoms. The summed E-state index contributed by atoms with van der Waals surface area (Å²) in [6.07, 6.45) is 2.32. The van der Waals surface area contributed by atoms with Crippen molar-refractivity contribution in [3.8, 4) is 6.07 Å². The number of rotatable bonds is 3. The summed E-state index contributed by atoms with van der Waals surface area (Å²) in [4.78, 5) is 28.2. The lowest BCUT2D eigenvalue weighted by atomic mass is 9.99. The third-order valence-electron chi connectivity index (χ3n) is 4.88. The van der Waals surface area contributed by atoms with Crippen LogP contribution in [0.1, 0.15) is 30.4 Å². The molecule has 0 spiro atoms. The quantitative estimate of drug-likeness (QED) is 0.889. The van der Waals surface area contributed by atoms with Crippen molar-refractivity contribution >= 4 is 11.8 Å². The van der Waals surface area contributed by atoms with Gasteiger partial charge in [-0.1, -0.05) is 24.3 Å². The van der Waals surface area contributed by atoms with Crippen LogP contribution in [0, 0.1) is 11.3 Å². The first-order valence-corrected chi connectivity index (χ1v) is 8.40. The fraction of sp³-hybridized carbons (Fsp3) is 0.500. The van der Waals surface area contributed by atoms with Gasteiger partial charge in [-0.15, -0.1) is 0 Å². The minimum Gasteiger partial charge on any atom is -0.338 e. The van der Waals surface area contributed by atoms with E-state index in [1.54, 1.807) is 4.90 Å². The molecule has 2 aliphatic rings. The molecule has 1 saturated heterocycles. The highest BCUT2D eigenvalue weighted by Gasteiger charge is 2.33. The number of nitrogens with two attached hydrogens (primary N) is 1. The zero-order valence-corrected chi connectivity index (χ0v) is 13.6. The summed E-state index contributed by atoms with van der Waals surface area (Å²) in [5.41, 5.74) is 8.40. The number of benzene rings is 1. The molecule has 0 saturated carbocycles. The van der Waals surface area contributed by atoms with Gasteiger partial charge >= 0.3 is 0 Å². The molecule has 0 unspecified atom stereocenters. The van der Waals surface area contributed by atoms with Gasteiger partial charge in [0.15, 0.2) is 0 Å². The predicted molar refractivity (Wildman–Crippen MR) is 88.5 cm³/mol. The molecule has 3 rings (SSSR count). The van der Waals surface area contributed by atoms with Crippen LogP contribution in [0.4, 0.5) is 0 Å². The summed E-state index contributed by atoms with van der Waals surface area (Å²) >= 11 is 0. The van der Waals surface area contributed by atoms with Crippen molar-refractivity contribution in [2.75, 3.05) is 13.1 Å². The van der Waals surface area contributed by atoms with Crippen LogP contribution < -0.4 is 5.73 Å². The third kappa shape index (κ3) is 3.26. The van der Waals surface area contributed by atoms with Gasteiger partial charge in [0.25, 0.3) is 0 Å². The van der Waals surface area contributed by atoms with Crippen LogP contribution in [0.2, 0.25) is 0 Å². The zero-order chi connectivity index (χ0) is 17.1. The van der Waals surface area contributed by atoms with Crippen LogP contribution in [0.5, 0.6) is 0 Å². The SMILES string of the molecule is N#C[C@H]1CCCN1C(=O)[C@@H](N)CC(=O)N1CCc2ccccc2C1. The van der Waals surface area contributed by atoms with Crippen LogP contribution in [0.15, 0.2) is 24.3 Å². The van der Waals surface area contributed by atoms with E-state index in [-0.39, 0.29) is 18.2 Å². The van der Waals surface area contributed by atoms with E-state index in [9.17, 15) is 9.59 Å². The first-order chi connectivity index (χ1) is 11.6. The standard InChI is InChI=1S/C18H22N4O2/c19-11-15-6-3-8-22(15)18(24)16(20)10-17(23)21-9-7-13-4-1-2-5-14(13)12-21/h1-2,4-5,15-16H,3,6-10,12,20H2/t15-,16+/m1/s1. The van der Waals surface area contributed by atoms with Gasteiger partial charge in [0.05, 0.1) is 18.5 Å². The second kappa shape index (κ2) is 7.02. The number of nitrogens with zero attached hydrogens (tertiary/aromatic N) is 3. The second-order valence-corrected chi connectivity index (χ2v) is 6.46. The number of amides is 2. The molecule has 2 heterocycles. The summed E-state index contributed by atoms with van der Waals surface area (Å²) in [6.45, 7) is 1.78. The largest absolute Gasteiger partial charge is 0.338 e. The van der Waals surface area contributed by atoms with Gasteiger partial charge in [-0.25, -0.2) is 0 Å². The van der Waals surface area contributed by atoms with E-state index >= 15 is 0 Å². The fourth-order valence-electron chi connectivity index (χ4n) is 3.49. The number of nitriles is 1. The van der Waals surface area contributed by atoms with Crippen molar-refractivity contribution in [2.45, 2.75) is 44.3 Å². The van der Waals surface area contributed by atoms with E-state index in [4.69, 9.17) is 11.0 Å². The van der Waals surface area contributed by atoms with E-state index in [0.29, 0.717) is 26.1 Å². The Morgan fingerprint density at radius 1 is 1.29 bits per heavy atom. The van der Waals surface area contributed by atoms with Gasteiger partial charge in [-0.05, 0) is 30.4 Å². The normalized spacial score (nSPS) is 21.1. The topological polar surface area (TPSA) is 90.4 Å². The Kier molecular flexibility index (Phi) is 4.81. The lowest BCUT2D eigenvalue weighted by Crippen LogP contribution is -2.48. The maximum Gasteiger partial charge on any atom is 0.241 e. The van der Waals surface area contributed by atoms with Crippen LogP contribution in [-0.2, 0) is 22.6 Å². The highest BCUT2D eigenvalue weighted by Crippen LogP contribution is 2.21. The average molecular weight is 326 g/mol. The van der Waals surface area contributed by atoms with Crippen LogP contribution in [0.25, 0.3) is 0 Å². The van der Waals surface area contributed by atoms with Gasteiger partial charge in [-0.3, -0.25) is 9.59 Å². The molecule has 1 fully saturated rings. The molecule has 0 aliphatic carbocycles. The predicted octanol–water partition coefficient (Wildman–Crippen LogP) is 0.803. The molecular weight excluding hydrogens is 304 g/mol. The van der Waals surface area contributed by atoms with Gasteiger partial charge < -0.3 is 15.5 Å². The van der Waals surface area contributed by atoms with Crippen LogP contribution >= 0.6 is 0 Å². The zero-order valence-electron chi connectivity index (χ0n) is 13.6. The molecule has 1 aromatic carbocycles. The summed E-state index contributed by atoms with van der Waals surface area (Å²) in [5, 5.41) is 9.09. The maximum atomic E-state index is 12.5. The third-order valence-corrected chi connectivity index (χ3v) is 4.88. The van der Waals surface area contributed by atoms with E-state index in [0.717, 1.165) is 18.4 Å². The molecule has 6 nitrogen and oxygen atoms in total. The lowest BCUT2D eigenvalue weighted by Gasteiger charge is -2.30. The van der Waals surface area contributed by atoms with Gasteiger partial charge in [0, 0.05) is 19.6 Å². The Morgan fingerprint density at radius 3 is 2.79 bits per heavy atom. The molecule has 0 aromatic heterocycles. The van der Waals surface area contributed by atoms with Gasteiger partial charge in [0.2, 0.25) is 11.8 Å². The van der Waals surface area contributed by atoms with E-state index < -0.39 is 12.1 Å². The monoisotopic (exact) mass is 326 g/mol. The Labute approximate surface area is 141 Å². The molecule has 2 N–H and O–H groups in total. The number of carbonyl (C=O) groups excluding carboxylic acids is 2. The fourth-order valence-corrected chi connectivity index (χ4v) is 3.49. The molecule has 0 radical (unpaired) electrons. The van der Waals surface area contributed by atoms with Crippen molar-refractivity contribution in [1.82, 2.24) is 9.80 Å². The number of hydrogen-bond acceptors (Lipinski definition) is 4. The first-order valence-electron chi connectivity index (χ1n) is 8.40. The number of fused-ring (bicyclic) bond motifs is 1. The Bertz CT molecular complexity index is 682. The average Bonchev–Trinajstić information content (AvgIpc) is 3.09. The lowest BCUT2D eigenvalue weighted by molar-refractivity contribution is -0.138. The van der Waals surface area contributed by atoms with Crippen LogP contribution in [0.3, 0.4) is 0 Å². The number of carbonyl (C=O) groups is 2. The summed E-state index contributed by atoms with van der Waals surface area (Å²) in [5.74, 6) is -0.386. The second-order valence-electron chi connectivity index (χ2n) is 6.46. The van der Waals surface area contributed by atoms with E-state index in [1.165, 1.54) is 10.5 Å². The number of likely N-dealkylation sites (tertiary alicyclic amines) is 1. The molecule has 6 heteroatoms. The highest BCUT2D eigenvalue weighted by atomic mass is 16.2. The van der Waals surface area contributed by atoms with E-state index in [2.05, 4.69) is 12.1 Å². The van der Waals surface area contributed by atoms with Crippen molar-refractivity contribution in [2.24, 2.45) is 5.73 Å². The summed E-state index contributed by atoms with van der Waals surface area (Å²) < 4.78 is 0. The molecule has 126 valence electrons. The van der Waals surface area contributed by atoms with E-state index in [1.807, 2.05) is 18.2 Å². The molecule has 2 amide bonds. The molecule has 2 atom stereocenters. The minimum atomic E-state index is -0.872. The van der Waals surface area contributed by atoms with Crippen molar-refractivity contribution in [3.63, 3.8) is 0 Å². The Hall–Kier alpha value is -2.39. The Morgan fingerprint density at radius 2 is 2.04 bits per heavy atom. The molecular formula is C18H22N4O2. The Balaban J connectivity index is 1.59. The van der Waals surface area contributed by atoms with Gasteiger partial charge in [-0.2, -0.15) is 5.26 Å². The molecule has 0 bridgehead atoms. The first kappa shape index (κ1) is 16.5. The van der Waals surface area contributed by atoms with Gasteiger partial charge in [0.1, 0.15) is 6.04 Å². The summed E-state index contributed by atoms with van der Waals surface area (Å²) in [6, 6.07) is 8.95. The number of hydrogen-bond donors (Lipinski definition) is 1. The van der Waals surface area contributed by atoms with Crippen LogP contribution in [-0.4, -0.2) is 46.8 Å². The summed E-state index contributed by atoms with van der Waals surface area (Å²) in [7, 11) is 0. The highest BCUT2D eigenvalue weighted by molar-refractivity contribution is 5.88. The minimum absolute atomic E-state index is 0.00432. The van der Waals surface area contributed by atoms with Crippen molar-refractivity contribution < 1.29 is 9.59 Å². The van der Waals surface area contributed by atoms with Crippen molar-refractivity contribution in [3.05, 3.63) is 35.4 Å². The molecule has 2 aliphatic heterocycles. The smallest absolute Gasteiger partial charge is 0.241 e.